The number of para-hydroxylation sites is 1. The molecule has 98 valence electrons. The number of nitrogen functional groups attached to an aromatic ring is 1. The van der Waals surface area contributed by atoms with Crippen LogP contribution in [0.4, 0.5) is 15.8 Å². The minimum atomic E-state index is -0.446. The molecular formula is C14H14FN3O. The first-order valence-corrected chi connectivity index (χ1v) is 5.81. The van der Waals surface area contributed by atoms with Crippen LogP contribution in [0.3, 0.4) is 0 Å². The van der Waals surface area contributed by atoms with Gasteiger partial charge in [-0.2, -0.15) is 0 Å². The van der Waals surface area contributed by atoms with Gasteiger partial charge in [-0.05, 0) is 30.7 Å². The van der Waals surface area contributed by atoms with Crippen LogP contribution in [0.15, 0.2) is 36.5 Å². The van der Waals surface area contributed by atoms with Gasteiger partial charge in [-0.1, -0.05) is 12.1 Å². The number of carbonyl (C=O) groups is 1. The maximum Gasteiger partial charge on any atom is 0.230 e. The molecule has 0 aliphatic heterocycles. The fourth-order valence-corrected chi connectivity index (χ4v) is 1.68. The highest BCUT2D eigenvalue weighted by atomic mass is 19.1. The van der Waals surface area contributed by atoms with E-state index in [4.69, 9.17) is 5.73 Å². The number of nitrogens with one attached hydrogen (secondary N) is 1. The van der Waals surface area contributed by atoms with E-state index in [1.807, 2.05) is 0 Å². The Kier molecular flexibility index (Phi) is 3.75. The minimum absolute atomic E-state index is 0.0774. The highest BCUT2D eigenvalue weighted by Gasteiger charge is 2.10. The van der Waals surface area contributed by atoms with Crippen molar-refractivity contribution in [3.8, 4) is 0 Å². The average Bonchev–Trinajstić information content (AvgIpc) is 2.37. The van der Waals surface area contributed by atoms with E-state index in [0.29, 0.717) is 16.9 Å². The van der Waals surface area contributed by atoms with Gasteiger partial charge in [0.2, 0.25) is 5.91 Å². The number of anilines is 2. The van der Waals surface area contributed by atoms with Crippen molar-refractivity contribution < 1.29 is 9.18 Å². The number of halogens is 1. The lowest BCUT2D eigenvalue weighted by Gasteiger charge is -2.09. The zero-order valence-corrected chi connectivity index (χ0v) is 10.5. The molecule has 0 unspecified atom stereocenters. The molecule has 0 saturated carbocycles. The van der Waals surface area contributed by atoms with Crippen molar-refractivity contribution in [2.45, 2.75) is 13.3 Å². The molecule has 1 aromatic heterocycles. The van der Waals surface area contributed by atoms with Crippen molar-refractivity contribution in [1.29, 1.82) is 0 Å². The normalized spacial score (nSPS) is 10.2. The molecule has 0 fully saturated rings. The zero-order chi connectivity index (χ0) is 13.8. The highest BCUT2D eigenvalue weighted by molar-refractivity contribution is 5.92. The molecule has 2 aromatic rings. The summed E-state index contributed by atoms with van der Waals surface area (Å²) in [4.78, 5) is 15.8. The van der Waals surface area contributed by atoms with Gasteiger partial charge in [0.25, 0.3) is 0 Å². The van der Waals surface area contributed by atoms with Crippen molar-refractivity contribution in [3.05, 3.63) is 53.6 Å². The largest absolute Gasteiger partial charge is 0.397 e. The lowest BCUT2D eigenvalue weighted by Crippen LogP contribution is -2.16. The van der Waals surface area contributed by atoms with Gasteiger partial charge >= 0.3 is 0 Å². The van der Waals surface area contributed by atoms with E-state index in [-0.39, 0.29) is 18.0 Å². The smallest absolute Gasteiger partial charge is 0.230 e. The molecule has 19 heavy (non-hydrogen) atoms. The second kappa shape index (κ2) is 5.48. The monoisotopic (exact) mass is 259 g/mol. The third-order valence-electron chi connectivity index (χ3n) is 2.68. The van der Waals surface area contributed by atoms with Crippen molar-refractivity contribution >= 4 is 17.3 Å². The first kappa shape index (κ1) is 13.0. The van der Waals surface area contributed by atoms with Gasteiger partial charge in [-0.3, -0.25) is 9.78 Å². The van der Waals surface area contributed by atoms with Crippen LogP contribution in [0.1, 0.15) is 11.3 Å². The maximum absolute atomic E-state index is 13.6. The van der Waals surface area contributed by atoms with Crippen molar-refractivity contribution in [1.82, 2.24) is 4.98 Å². The van der Waals surface area contributed by atoms with Crippen LogP contribution in [-0.4, -0.2) is 10.9 Å². The molecule has 0 aliphatic rings. The Bertz CT molecular complexity index is 576. The first-order chi connectivity index (χ1) is 9.06. The van der Waals surface area contributed by atoms with Gasteiger partial charge in [0.1, 0.15) is 5.82 Å². The fraction of sp³-hybridized carbons (Fsp3) is 0.143. The molecule has 1 aromatic carbocycles. The summed E-state index contributed by atoms with van der Waals surface area (Å²) in [7, 11) is 0. The Morgan fingerprint density at radius 3 is 2.79 bits per heavy atom. The number of carbonyl (C=O) groups excluding carboxylic acids is 1. The lowest BCUT2D eigenvalue weighted by molar-refractivity contribution is -0.115. The minimum Gasteiger partial charge on any atom is -0.397 e. The van der Waals surface area contributed by atoms with E-state index >= 15 is 0 Å². The molecule has 0 aliphatic carbocycles. The zero-order valence-electron chi connectivity index (χ0n) is 10.5. The van der Waals surface area contributed by atoms with E-state index in [2.05, 4.69) is 10.3 Å². The molecule has 1 heterocycles. The number of hydrogen-bond acceptors (Lipinski definition) is 3. The molecule has 0 spiro atoms. The van der Waals surface area contributed by atoms with E-state index in [9.17, 15) is 9.18 Å². The average molecular weight is 259 g/mol. The van der Waals surface area contributed by atoms with Gasteiger partial charge < -0.3 is 11.1 Å². The maximum atomic E-state index is 13.6. The predicted molar refractivity (Wildman–Crippen MR) is 72.1 cm³/mol. The summed E-state index contributed by atoms with van der Waals surface area (Å²) < 4.78 is 13.6. The molecule has 4 nitrogen and oxygen atoms in total. The van der Waals surface area contributed by atoms with E-state index < -0.39 is 5.82 Å². The quantitative estimate of drug-likeness (QED) is 0.888. The van der Waals surface area contributed by atoms with Crippen molar-refractivity contribution in [2.24, 2.45) is 0 Å². The highest BCUT2D eigenvalue weighted by Crippen LogP contribution is 2.18. The summed E-state index contributed by atoms with van der Waals surface area (Å²) in [5.41, 5.74) is 7.52. The lowest BCUT2D eigenvalue weighted by atomic mass is 10.2. The van der Waals surface area contributed by atoms with Crippen LogP contribution in [0.25, 0.3) is 0 Å². The number of amides is 1. The molecule has 0 radical (unpaired) electrons. The van der Waals surface area contributed by atoms with Gasteiger partial charge in [-0.15, -0.1) is 0 Å². The summed E-state index contributed by atoms with van der Waals surface area (Å²) >= 11 is 0. The number of aryl methyl sites for hydroxylation is 1. The standard InChI is InChI=1S/C14H14FN3O/c1-9-3-2-4-12(15)14(9)18-13(19)7-11-6-5-10(16)8-17-11/h2-6,8H,7,16H2,1H3,(H,18,19). The van der Waals surface area contributed by atoms with Gasteiger partial charge in [0, 0.05) is 5.69 Å². The van der Waals surface area contributed by atoms with Crippen LogP contribution in [0, 0.1) is 12.7 Å². The molecule has 0 atom stereocenters. The Morgan fingerprint density at radius 2 is 2.16 bits per heavy atom. The Hall–Kier alpha value is -2.43. The van der Waals surface area contributed by atoms with Crippen LogP contribution in [0.2, 0.25) is 0 Å². The molecule has 2 rings (SSSR count). The van der Waals surface area contributed by atoms with Crippen LogP contribution >= 0.6 is 0 Å². The Morgan fingerprint density at radius 1 is 1.37 bits per heavy atom. The van der Waals surface area contributed by atoms with Crippen LogP contribution in [-0.2, 0) is 11.2 Å². The number of aromatic nitrogens is 1. The summed E-state index contributed by atoms with van der Waals surface area (Å²) in [6.45, 7) is 1.74. The van der Waals surface area contributed by atoms with E-state index in [1.54, 1.807) is 31.2 Å². The number of nitrogens with zero attached hydrogens (tertiary/aromatic N) is 1. The molecule has 1 amide bonds. The number of benzene rings is 1. The first-order valence-electron chi connectivity index (χ1n) is 5.81. The second-order valence-electron chi connectivity index (χ2n) is 4.24. The van der Waals surface area contributed by atoms with Crippen molar-refractivity contribution in [2.75, 3.05) is 11.1 Å². The third-order valence-corrected chi connectivity index (χ3v) is 2.68. The van der Waals surface area contributed by atoms with Crippen molar-refractivity contribution in [3.63, 3.8) is 0 Å². The summed E-state index contributed by atoms with van der Waals surface area (Å²) in [6, 6.07) is 7.99. The topological polar surface area (TPSA) is 68.0 Å². The van der Waals surface area contributed by atoms with E-state index in [0.717, 1.165) is 0 Å². The fourth-order valence-electron chi connectivity index (χ4n) is 1.68. The number of pyridine rings is 1. The summed E-state index contributed by atoms with van der Waals surface area (Å²) in [6.07, 6.45) is 1.56. The molecular weight excluding hydrogens is 245 g/mol. The van der Waals surface area contributed by atoms with Gasteiger partial charge in [0.05, 0.1) is 24.0 Å². The Labute approximate surface area is 110 Å². The molecule has 0 bridgehead atoms. The second-order valence-corrected chi connectivity index (χ2v) is 4.24. The Balaban J connectivity index is 2.07. The molecule has 0 saturated heterocycles. The number of nitrogens with two attached hydrogens (primary N) is 1. The third kappa shape index (κ3) is 3.28. The van der Waals surface area contributed by atoms with E-state index in [1.165, 1.54) is 12.3 Å². The SMILES string of the molecule is Cc1cccc(F)c1NC(=O)Cc1ccc(N)cn1. The molecule has 3 N–H and O–H groups in total. The van der Waals surface area contributed by atoms with Crippen LogP contribution < -0.4 is 11.1 Å². The van der Waals surface area contributed by atoms with Gasteiger partial charge in [-0.25, -0.2) is 4.39 Å². The summed E-state index contributed by atoms with van der Waals surface area (Å²) in [5.74, 6) is -0.760. The summed E-state index contributed by atoms with van der Waals surface area (Å²) in [5, 5.41) is 2.56. The number of hydrogen-bond donors (Lipinski definition) is 2. The molecule has 5 heteroatoms. The van der Waals surface area contributed by atoms with Crippen LogP contribution in [0.5, 0.6) is 0 Å². The van der Waals surface area contributed by atoms with Gasteiger partial charge in [0.15, 0.2) is 0 Å². The number of rotatable bonds is 3. The predicted octanol–water partition coefficient (Wildman–Crippen LogP) is 2.29.